The molecule has 0 unspecified atom stereocenters. The van der Waals surface area contributed by atoms with Crippen LogP contribution in [0.3, 0.4) is 0 Å². The molecule has 1 amide bonds. The van der Waals surface area contributed by atoms with Crippen molar-refractivity contribution in [3.05, 3.63) is 60.2 Å². The maximum absolute atomic E-state index is 12.1. The van der Waals surface area contributed by atoms with Gasteiger partial charge in [-0.15, -0.1) is 0 Å². The first-order valence-corrected chi connectivity index (χ1v) is 8.72. The van der Waals surface area contributed by atoms with Crippen molar-refractivity contribution >= 4 is 21.6 Å². The molecule has 0 fully saturated rings. The number of sulfonamides is 1. The normalized spacial score (nSPS) is 12.6. The van der Waals surface area contributed by atoms with E-state index >= 15 is 0 Å². The van der Waals surface area contributed by atoms with Crippen LogP contribution in [0.25, 0.3) is 0 Å². The third-order valence-corrected chi connectivity index (χ3v) is 4.34. The van der Waals surface area contributed by atoms with Gasteiger partial charge in [-0.3, -0.25) is 4.79 Å². The number of benzene rings is 2. The summed E-state index contributed by atoms with van der Waals surface area (Å²) in [5, 5.41) is 9.77. The lowest BCUT2D eigenvalue weighted by molar-refractivity contribution is -0.688. The molecule has 1 atom stereocenters. The molecule has 0 aliphatic heterocycles. The van der Waals surface area contributed by atoms with Crippen LogP contribution in [0.2, 0.25) is 0 Å². The molecule has 0 radical (unpaired) electrons. The average Bonchev–Trinajstić information content (AvgIpc) is 2.53. The first kappa shape index (κ1) is 17.1. The summed E-state index contributed by atoms with van der Waals surface area (Å²) < 4.78 is 22.4. The van der Waals surface area contributed by atoms with Crippen LogP contribution in [0, 0.1) is 0 Å². The van der Waals surface area contributed by atoms with E-state index < -0.39 is 10.0 Å². The van der Waals surface area contributed by atoms with E-state index in [0.717, 1.165) is 11.3 Å². The van der Waals surface area contributed by atoms with E-state index in [4.69, 9.17) is 5.14 Å². The Labute approximate surface area is 135 Å². The van der Waals surface area contributed by atoms with E-state index in [9.17, 15) is 13.2 Å². The molecule has 0 heterocycles. The topological polar surface area (TPSA) is 106 Å². The quantitative estimate of drug-likeness (QED) is 0.713. The highest BCUT2D eigenvalue weighted by molar-refractivity contribution is 7.89. The molecule has 0 aliphatic carbocycles. The summed E-state index contributed by atoms with van der Waals surface area (Å²) >= 11 is 0. The number of rotatable bonds is 6. The molecular weight excluding hydrogens is 314 g/mol. The van der Waals surface area contributed by atoms with E-state index in [2.05, 4.69) is 5.32 Å². The Hall–Kier alpha value is -2.22. The van der Waals surface area contributed by atoms with Gasteiger partial charge in [0.25, 0.3) is 5.91 Å². The smallest absolute Gasteiger partial charge is 0.282 e. The Kier molecular flexibility index (Phi) is 5.49. The molecule has 0 saturated heterocycles. The number of amides is 1. The molecule has 0 spiro atoms. The highest BCUT2D eigenvalue weighted by atomic mass is 32.2. The molecule has 2 aromatic carbocycles. The van der Waals surface area contributed by atoms with Crippen molar-refractivity contribution < 1.29 is 18.5 Å². The molecule has 23 heavy (non-hydrogen) atoms. The van der Waals surface area contributed by atoms with E-state index in [1.807, 2.05) is 42.6 Å². The minimum Gasteiger partial charge on any atom is -0.333 e. The summed E-state index contributed by atoms with van der Waals surface area (Å²) in [5.74, 6) is -0.0858. The van der Waals surface area contributed by atoms with Crippen molar-refractivity contribution in [1.29, 1.82) is 0 Å². The van der Waals surface area contributed by atoms with E-state index in [0.29, 0.717) is 6.54 Å². The van der Waals surface area contributed by atoms with Gasteiger partial charge in [0.1, 0.15) is 6.54 Å². The molecule has 6 nitrogen and oxygen atoms in total. The van der Waals surface area contributed by atoms with Crippen molar-refractivity contribution in [2.75, 3.05) is 5.32 Å². The van der Waals surface area contributed by atoms with Crippen LogP contribution >= 0.6 is 0 Å². The van der Waals surface area contributed by atoms with Gasteiger partial charge in [-0.2, -0.15) is 0 Å². The van der Waals surface area contributed by atoms with Crippen LogP contribution in [-0.4, -0.2) is 20.4 Å². The number of nitrogens with two attached hydrogens (primary N) is 2. The van der Waals surface area contributed by atoms with Crippen LogP contribution < -0.4 is 15.8 Å². The van der Waals surface area contributed by atoms with Gasteiger partial charge in [-0.25, -0.2) is 13.6 Å². The monoisotopic (exact) mass is 334 g/mol. The van der Waals surface area contributed by atoms with Gasteiger partial charge in [0.2, 0.25) is 10.0 Å². The number of nitrogens with one attached hydrogen (secondary N) is 1. The molecule has 2 rings (SSSR count). The molecule has 122 valence electrons. The molecule has 7 heteroatoms. The number of para-hydroxylation sites is 1. The Morgan fingerprint density at radius 1 is 1.13 bits per heavy atom. The van der Waals surface area contributed by atoms with Gasteiger partial charge in [0, 0.05) is 11.3 Å². The van der Waals surface area contributed by atoms with Crippen molar-refractivity contribution in [2.24, 2.45) is 5.14 Å². The van der Waals surface area contributed by atoms with Crippen LogP contribution in [0.1, 0.15) is 12.5 Å². The first-order chi connectivity index (χ1) is 10.9. The van der Waals surface area contributed by atoms with Crippen LogP contribution in [-0.2, 0) is 21.4 Å². The zero-order valence-corrected chi connectivity index (χ0v) is 13.6. The lowest BCUT2D eigenvalue weighted by Crippen LogP contribution is -2.90. The summed E-state index contributed by atoms with van der Waals surface area (Å²) in [6.45, 7) is 2.38. The molecule has 0 aliphatic rings. The number of hydrogen-bond acceptors (Lipinski definition) is 3. The number of quaternary nitrogens is 1. The zero-order valence-electron chi connectivity index (χ0n) is 12.8. The van der Waals surface area contributed by atoms with E-state index in [1.54, 1.807) is 12.1 Å². The van der Waals surface area contributed by atoms with Gasteiger partial charge < -0.3 is 10.6 Å². The predicted octanol–water partition coefficient (Wildman–Crippen LogP) is 0.425. The van der Waals surface area contributed by atoms with Crippen LogP contribution in [0.4, 0.5) is 5.69 Å². The Morgan fingerprint density at radius 3 is 2.30 bits per heavy atom. The van der Waals surface area contributed by atoms with Gasteiger partial charge >= 0.3 is 0 Å². The maximum atomic E-state index is 12.1. The fourth-order valence-electron chi connectivity index (χ4n) is 2.01. The summed E-state index contributed by atoms with van der Waals surface area (Å²) in [6, 6.07) is 15.3. The molecule has 5 N–H and O–H groups in total. The summed E-state index contributed by atoms with van der Waals surface area (Å²) in [4.78, 5) is 12.2. The lowest BCUT2D eigenvalue weighted by Gasteiger charge is -2.11. The van der Waals surface area contributed by atoms with Crippen molar-refractivity contribution in [2.45, 2.75) is 24.4 Å². The highest BCUT2D eigenvalue weighted by Crippen LogP contribution is 2.08. The minimum atomic E-state index is -3.67. The second-order valence-electron chi connectivity index (χ2n) is 5.27. The van der Waals surface area contributed by atoms with Gasteiger partial charge in [-0.1, -0.05) is 30.3 Å². The fraction of sp³-hybridized carbons (Fsp3) is 0.188. The minimum absolute atomic E-state index is 0.0797. The molecule has 0 bridgehead atoms. The second kappa shape index (κ2) is 7.36. The lowest BCUT2D eigenvalue weighted by atomic mass is 10.2. The Balaban J connectivity index is 1.88. The standard InChI is InChI=1S/C16H19N3O3S/c1-12(16(20)19-14-5-3-2-4-6-14)18-11-13-7-9-15(10-8-13)23(17,21)22/h2-10,12,18H,11H2,1H3,(H,19,20)(H2,17,21,22)/p+1/t12-/m1/s1. The summed E-state index contributed by atoms with van der Waals surface area (Å²) in [6.07, 6.45) is 0. The number of carbonyl (C=O) groups excluding carboxylic acids is 1. The van der Waals surface area contributed by atoms with Crippen molar-refractivity contribution in [3.8, 4) is 0 Å². The number of primary sulfonamides is 1. The van der Waals surface area contributed by atoms with Crippen LogP contribution in [0.15, 0.2) is 59.5 Å². The van der Waals surface area contributed by atoms with Crippen LogP contribution in [0.5, 0.6) is 0 Å². The molecule has 0 aromatic heterocycles. The van der Waals surface area contributed by atoms with Gasteiger partial charge in [-0.05, 0) is 31.2 Å². The Bertz CT molecular complexity index is 759. The number of carbonyl (C=O) groups is 1. The largest absolute Gasteiger partial charge is 0.333 e. The molecule has 0 saturated carbocycles. The third-order valence-electron chi connectivity index (χ3n) is 3.41. The highest BCUT2D eigenvalue weighted by Gasteiger charge is 2.16. The van der Waals surface area contributed by atoms with Crippen molar-refractivity contribution in [1.82, 2.24) is 0 Å². The van der Waals surface area contributed by atoms with Crippen molar-refractivity contribution in [3.63, 3.8) is 0 Å². The Morgan fingerprint density at radius 2 is 1.74 bits per heavy atom. The number of hydrogen-bond donors (Lipinski definition) is 3. The zero-order chi connectivity index (χ0) is 16.9. The van der Waals surface area contributed by atoms with E-state index in [1.165, 1.54) is 12.1 Å². The predicted molar refractivity (Wildman–Crippen MR) is 88.0 cm³/mol. The molecule has 2 aromatic rings. The summed E-state index contributed by atoms with van der Waals surface area (Å²) in [7, 11) is -3.67. The maximum Gasteiger partial charge on any atom is 0.282 e. The van der Waals surface area contributed by atoms with E-state index in [-0.39, 0.29) is 16.8 Å². The van der Waals surface area contributed by atoms with Gasteiger partial charge in [0.05, 0.1) is 4.90 Å². The average molecular weight is 334 g/mol. The first-order valence-electron chi connectivity index (χ1n) is 7.17. The second-order valence-corrected chi connectivity index (χ2v) is 6.83. The fourth-order valence-corrected chi connectivity index (χ4v) is 2.53. The van der Waals surface area contributed by atoms with Gasteiger partial charge in [0.15, 0.2) is 6.04 Å². The third kappa shape index (κ3) is 5.17. The summed E-state index contributed by atoms with van der Waals surface area (Å²) in [5.41, 5.74) is 1.67. The molecular formula is C16H20N3O3S+. The number of anilines is 1. The SMILES string of the molecule is C[C@@H]([NH2+]Cc1ccc(S(N)(=O)=O)cc1)C(=O)Nc1ccccc1.